The maximum absolute atomic E-state index is 12.4. The summed E-state index contributed by atoms with van der Waals surface area (Å²) in [5.74, 6) is -1.27. The molecule has 1 saturated heterocycles. The minimum Gasteiger partial charge on any atom is -0.478 e. The number of hydrogen-bond donors (Lipinski definition) is 1. The van der Waals surface area contributed by atoms with E-state index in [1.54, 1.807) is 6.92 Å². The van der Waals surface area contributed by atoms with E-state index < -0.39 is 15.8 Å². The highest BCUT2D eigenvalue weighted by Gasteiger charge is 2.26. The van der Waals surface area contributed by atoms with Crippen molar-refractivity contribution in [1.29, 1.82) is 0 Å². The Kier molecular flexibility index (Phi) is 4.65. The van der Waals surface area contributed by atoms with Crippen LogP contribution in [0.2, 0.25) is 0 Å². The summed E-state index contributed by atoms with van der Waals surface area (Å²) in [7, 11) is -1.66. The van der Waals surface area contributed by atoms with Crippen LogP contribution in [0.15, 0.2) is 23.1 Å². The van der Waals surface area contributed by atoms with Crippen LogP contribution in [0.1, 0.15) is 15.9 Å². The van der Waals surface area contributed by atoms with Gasteiger partial charge in [-0.2, -0.15) is 0 Å². The van der Waals surface area contributed by atoms with E-state index in [0.717, 1.165) is 6.54 Å². The molecule has 0 amide bonds. The Morgan fingerprint density at radius 2 is 2.19 bits per heavy atom. The van der Waals surface area contributed by atoms with Crippen LogP contribution in [0.25, 0.3) is 0 Å². The molecule has 1 fully saturated rings. The van der Waals surface area contributed by atoms with Crippen molar-refractivity contribution in [3.63, 3.8) is 0 Å². The van der Waals surface area contributed by atoms with Gasteiger partial charge in [-0.1, -0.05) is 6.07 Å². The minimum atomic E-state index is -3.57. The Labute approximate surface area is 124 Å². The molecule has 1 aromatic rings. The number of carbonyl (C=O) groups is 1. The lowest BCUT2D eigenvalue weighted by molar-refractivity contribution is -0.00680. The van der Waals surface area contributed by atoms with Crippen LogP contribution < -0.4 is 0 Å². The fraction of sp³-hybridized carbons (Fsp3) is 0.500. The molecule has 2 rings (SSSR count). The summed E-state index contributed by atoms with van der Waals surface area (Å²) in [6, 6.07) is 4.19. The molecule has 0 aliphatic carbocycles. The molecule has 1 aromatic carbocycles. The Bertz CT molecular complexity index is 641. The number of ether oxygens (including phenoxy) is 1. The first kappa shape index (κ1) is 15.9. The molecule has 116 valence electrons. The van der Waals surface area contributed by atoms with Crippen molar-refractivity contribution in [2.75, 3.05) is 32.5 Å². The van der Waals surface area contributed by atoms with Crippen molar-refractivity contribution < 1.29 is 23.1 Å². The molecule has 0 bridgehead atoms. The molecule has 6 nitrogen and oxygen atoms in total. The van der Waals surface area contributed by atoms with E-state index in [1.165, 1.54) is 18.2 Å². The molecule has 21 heavy (non-hydrogen) atoms. The number of likely N-dealkylation sites (N-methyl/N-ethyl adjacent to an activating group) is 1. The number of aryl methyl sites for hydroxylation is 1. The van der Waals surface area contributed by atoms with Crippen molar-refractivity contribution in [2.24, 2.45) is 0 Å². The smallest absolute Gasteiger partial charge is 0.335 e. The molecule has 1 atom stereocenters. The van der Waals surface area contributed by atoms with E-state index in [2.05, 4.69) is 0 Å². The molecule has 1 aliphatic heterocycles. The molecule has 1 N–H and O–H groups in total. The summed E-state index contributed by atoms with van der Waals surface area (Å²) in [6.07, 6.45) is -0.386. The Hall–Kier alpha value is -1.44. The standard InChI is InChI=1S/C14H19NO5S/c1-10-3-4-12(7-13(10)14(16)17)21(18,19)9-11-8-15(2)5-6-20-11/h3-4,7,11H,5-6,8-9H2,1-2H3,(H,16,17). The maximum atomic E-state index is 12.4. The monoisotopic (exact) mass is 313 g/mol. The van der Waals surface area contributed by atoms with E-state index in [4.69, 9.17) is 9.84 Å². The zero-order chi connectivity index (χ0) is 15.6. The molecule has 7 heteroatoms. The second kappa shape index (κ2) is 6.13. The van der Waals surface area contributed by atoms with Crippen molar-refractivity contribution in [2.45, 2.75) is 17.9 Å². The Balaban J connectivity index is 2.23. The van der Waals surface area contributed by atoms with E-state index in [-0.39, 0.29) is 22.3 Å². The molecule has 0 spiro atoms. The van der Waals surface area contributed by atoms with E-state index in [9.17, 15) is 13.2 Å². The van der Waals surface area contributed by atoms with Crippen LogP contribution in [-0.2, 0) is 14.6 Å². The molecule has 1 heterocycles. The number of sulfone groups is 1. The summed E-state index contributed by atoms with van der Waals surface area (Å²) in [5.41, 5.74) is 0.549. The zero-order valence-corrected chi connectivity index (χ0v) is 12.9. The van der Waals surface area contributed by atoms with Crippen LogP contribution in [0, 0.1) is 6.92 Å². The van der Waals surface area contributed by atoms with Crippen molar-refractivity contribution >= 4 is 15.8 Å². The first-order valence-electron chi connectivity index (χ1n) is 6.66. The van der Waals surface area contributed by atoms with Gasteiger partial charge in [-0.05, 0) is 31.7 Å². The third-order valence-corrected chi connectivity index (χ3v) is 5.33. The van der Waals surface area contributed by atoms with Gasteiger partial charge in [-0.15, -0.1) is 0 Å². The lowest BCUT2D eigenvalue weighted by Crippen LogP contribution is -2.43. The Morgan fingerprint density at radius 1 is 1.48 bits per heavy atom. The highest BCUT2D eigenvalue weighted by Crippen LogP contribution is 2.19. The highest BCUT2D eigenvalue weighted by atomic mass is 32.2. The van der Waals surface area contributed by atoms with Crippen molar-refractivity contribution in [1.82, 2.24) is 4.90 Å². The highest BCUT2D eigenvalue weighted by molar-refractivity contribution is 7.91. The zero-order valence-electron chi connectivity index (χ0n) is 12.1. The number of aromatic carboxylic acids is 1. The summed E-state index contributed by atoms with van der Waals surface area (Å²) in [5, 5.41) is 9.09. The van der Waals surface area contributed by atoms with Gasteiger partial charge in [0.15, 0.2) is 9.84 Å². The second-order valence-electron chi connectivity index (χ2n) is 5.32. The van der Waals surface area contributed by atoms with Gasteiger partial charge < -0.3 is 14.7 Å². The molecule has 1 aliphatic rings. The normalized spacial score (nSPS) is 20.4. The van der Waals surface area contributed by atoms with Crippen LogP contribution in [0.5, 0.6) is 0 Å². The number of morpholine rings is 1. The topological polar surface area (TPSA) is 83.9 Å². The average molecular weight is 313 g/mol. The number of rotatable bonds is 4. The maximum Gasteiger partial charge on any atom is 0.335 e. The van der Waals surface area contributed by atoms with E-state index >= 15 is 0 Å². The average Bonchev–Trinajstić information content (AvgIpc) is 2.38. The van der Waals surface area contributed by atoms with E-state index in [0.29, 0.717) is 18.7 Å². The van der Waals surface area contributed by atoms with Gasteiger partial charge in [0, 0.05) is 13.1 Å². The fourth-order valence-corrected chi connectivity index (χ4v) is 3.79. The van der Waals surface area contributed by atoms with Crippen molar-refractivity contribution in [3.05, 3.63) is 29.3 Å². The number of hydrogen-bond acceptors (Lipinski definition) is 5. The van der Waals surface area contributed by atoms with Gasteiger partial charge in [0.1, 0.15) is 0 Å². The fourth-order valence-electron chi connectivity index (χ4n) is 2.33. The van der Waals surface area contributed by atoms with Crippen LogP contribution >= 0.6 is 0 Å². The summed E-state index contributed by atoms with van der Waals surface area (Å²) >= 11 is 0. The number of carboxylic acid groups (broad SMARTS) is 1. The Morgan fingerprint density at radius 3 is 2.81 bits per heavy atom. The predicted octanol–water partition coefficient (Wildman–Crippen LogP) is 0.798. The van der Waals surface area contributed by atoms with Gasteiger partial charge >= 0.3 is 5.97 Å². The number of nitrogens with zero attached hydrogens (tertiary/aromatic N) is 1. The second-order valence-corrected chi connectivity index (χ2v) is 7.35. The van der Waals surface area contributed by atoms with Gasteiger partial charge in [0.2, 0.25) is 0 Å². The molecule has 0 aromatic heterocycles. The summed E-state index contributed by atoms with van der Waals surface area (Å²) in [6.45, 7) is 3.48. The molecule has 0 radical (unpaired) electrons. The first-order chi connectivity index (χ1) is 9.79. The molecule has 0 saturated carbocycles. The SMILES string of the molecule is Cc1ccc(S(=O)(=O)CC2CN(C)CCO2)cc1C(=O)O. The number of benzene rings is 1. The van der Waals surface area contributed by atoms with E-state index in [1.807, 2.05) is 11.9 Å². The van der Waals surface area contributed by atoms with Gasteiger partial charge in [-0.3, -0.25) is 0 Å². The van der Waals surface area contributed by atoms with Gasteiger partial charge in [-0.25, -0.2) is 13.2 Å². The molecular weight excluding hydrogens is 294 g/mol. The largest absolute Gasteiger partial charge is 0.478 e. The predicted molar refractivity (Wildman–Crippen MR) is 77.4 cm³/mol. The van der Waals surface area contributed by atoms with Crippen LogP contribution in [-0.4, -0.2) is 63.0 Å². The molecular formula is C14H19NO5S. The lowest BCUT2D eigenvalue weighted by Gasteiger charge is -2.29. The first-order valence-corrected chi connectivity index (χ1v) is 8.31. The van der Waals surface area contributed by atoms with Crippen LogP contribution in [0.4, 0.5) is 0 Å². The van der Waals surface area contributed by atoms with Gasteiger partial charge in [0.25, 0.3) is 0 Å². The van der Waals surface area contributed by atoms with Gasteiger partial charge in [0.05, 0.1) is 28.9 Å². The quantitative estimate of drug-likeness (QED) is 0.885. The minimum absolute atomic E-state index is 0.0118. The number of carboxylic acids is 1. The summed E-state index contributed by atoms with van der Waals surface area (Å²) < 4.78 is 30.3. The third kappa shape index (κ3) is 3.81. The van der Waals surface area contributed by atoms with Crippen molar-refractivity contribution in [3.8, 4) is 0 Å². The summed E-state index contributed by atoms with van der Waals surface area (Å²) in [4.78, 5) is 13.2. The lowest BCUT2D eigenvalue weighted by atomic mass is 10.1. The third-order valence-electron chi connectivity index (χ3n) is 3.55. The van der Waals surface area contributed by atoms with Crippen LogP contribution in [0.3, 0.4) is 0 Å². The molecule has 1 unspecified atom stereocenters.